The number of primary amides is 1. The summed E-state index contributed by atoms with van der Waals surface area (Å²) in [6, 6.07) is -0.497. The van der Waals surface area contributed by atoms with Gasteiger partial charge in [0.15, 0.2) is 0 Å². The molecule has 0 saturated carbocycles. The number of rotatable bonds is 14. The van der Waals surface area contributed by atoms with Crippen molar-refractivity contribution in [3.63, 3.8) is 0 Å². The zero-order chi connectivity index (χ0) is 17.8. The first-order valence-electron chi connectivity index (χ1n) is 8.56. The van der Waals surface area contributed by atoms with Gasteiger partial charge in [-0.15, -0.1) is 0 Å². The van der Waals surface area contributed by atoms with Crippen molar-refractivity contribution in [1.29, 1.82) is 0 Å². The van der Waals surface area contributed by atoms with Gasteiger partial charge < -0.3 is 10.7 Å². The standard InChI is InChI=1S/C17H28N4O3/c1-2-14(22)6-4-3-5-7-16(17(18)24)20-11-15(23)9-8-13-10-19-12-21-13/h10,12,16,20H,2-9,11H2,1H3,(H2,18,24)(H,19,21)/t16-/m0/s1. The van der Waals surface area contributed by atoms with Crippen molar-refractivity contribution < 1.29 is 14.4 Å². The second-order valence-corrected chi connectivity index (χ2v) is 5.94. The molecule has 0 bridgehead atoms. The number of carbonyl (C=O) groups is 3. The van der Waals surface area contributed by atoms with Crippen LogP contribution in [0.5, 0.6) is 0 Å². The van der Waals surface area contributed by atoms with Gasteiger partial charge in [-0.1, -0.05) is 19.8 Å². The first-order valence-corrected chi connectivity index (χ1v) is 8.56. The van der Waals surface area contributed by atoms with Crippen LogP contribution >= 0.6 is 0 Å². The highest BCUT2D eigenvalue weighted by atomic mass is 16.1. The fourth-order valence-electron chi connectivity index (χ4n) is 2.39. The number of hydrogen-bond acceptors (Lipinski definition) is 5. The number of amides is 1. The predicted molar refractivity (Wildman–Crippen MR) is 91.3 cm³/mol. The molecule has 7 heteroatoms. The van der Waals surface area contributed by atoms with Crippen molar-refractivity contribution in [3.8, 4) is 0 Å². The van der Waals surface area contributed by atoms with Crippen molar-refractivity contribution in [1.82, 2.24) is 15.3 Å². The number of unbranched alkanes of at least 4 members (excludes halogenated alkanes) is 2. The van der Waals surface area contributed by atoms with E-state index in [1.54, 1.807) is 12.5 Å². The summed E-state index contributed by atoms with van der Waals surface area (Å²) in [6.45, 7) is 1.99. The first kappa shape index (κ1) is 20.0. The molecule has 0 aliphatic heterocycles. The molecular formula is C17H28N4O3. The minimum Gasteiger partial charge on any atom is -0.368 e. The highest BCUT2D eigenvalue weighted by Gasteiger charge is 2.15. The maximum absolute atomic E-state index is 11.9. The van der Waals surface area contributed by atoms with Crippen LogP contribution < -0.4 is 11.1 Å². The molecule has 7 nitrogen and oxygen atoms in total. The number of aromatic amines is 1. The van der Waals surface area contributed by atoms with Gasteiger partial charge in [-0.25, -0.2) is 4.98 Å². The minimum atomic E-state index is -0.497. The zero-order valence-electron chi connectivity index (χ0n) is 14.3. The second-order valence-electron chi connectivity index (χ2n) is 5.94. The van der Waals surface area contributed by atoms with Gasteiger partial charge in [0.2, 0.25) is 5.91 Å². The third-order valence-electron chi connectivity index (χ3n) is 3.96. The molecule has 0 fully saturated rings. The summed E-state index contributed by atoms with van der Waals surface area (Å²) in [6.07, 6.45) is 8.54. The summed E-state index contributed by atoms with van der Waals surface area (Å²) in [4.78, 5) is 41.4. The summed E-state index contributed by atoms with van der Waals surface area (Å²) in [5.41, 5.74) is 6.29. The number of aryl methyl sites for hydroxylation is 1. The van der Waals surface area contributed by atoms with Crippen LogP contribution in [-0.4, -0.2) is 40.0 Å². The lowest BCUT2D eigenvalue weighted by atomic mass is 10.0. The molecule has 0 saturated heterocycles. The molecule has 1 amide bonds. The molecule has 1 rings (SSSR count). The lowest BCUT2D eigenvalue weighted by Crippen LogP contribution is -2.43. The SMILES string of the molecule is CCC(=O)CCCCC[C@H](NCC(=O)CCc1cnc[nH]1)C(N)=O. The maximum Gasteiger partial charge on any atom is 0.234 e. The summed E-state index contributed by atoms with van der Waals surface area (Å²) in [5, 5.41) is 2.94. The lowest BCUT2D eigenvalue weighted by Gasteiger charge is -2.14. The Morgan fingerprint density at radius 2 is 2.00 bits per heavy atom. The van der Waals surface area contributed by atoms with E-state index >= 15 is 0 Å². The number of imidazole rings is 1. The summed E-state index contributed by atoms with van der Waals surface area (Å²) < 4.78 is 0. The Balaban J connectivity index is 2.19. The number of carbonyl (C=O) groups excluding carboxylic acids is 3. The van der Waals surface area contributed by atoms with Crippen LogP contribution in [0.25, 0.3) is 0 Å². The second kappa shape index (κ2) is 11.5. The van der Waals surface area contributed by atoms with E-state index in [1.165, 1.54) is 0 Å². The highest BCUT2D eigenvalue weighted by molar-refractivity contribution is 5.83. The number of Topliss-reactive ketones (excluding diaryl/α,β-unsaturated/α-hetero) is 2. The quantitative estimate of drug-likeness (QED) is 0.442. The fraction of sp³-hybridized carbons (Fsp3) is 0.647. The zero-order valence-corrected chi connectivity index (χ0v) is 14.3. The monoisotopic (exact) mass is 336 g/mol. The Hall–Kier alpha value is -2.02. The van der Waals surface area contributed by atoms with Crippen LogP contribution in [0.4, 0.5) is 0 Å². The molecule has 4 N–H and O–H groups in total. The van der Waals surface area contributed by atoms with E-state index in [1.807, 2.05) is 6.92 Å². The molecule has 1 aromatic heterocycles. The molecule has 0 aliphatic carbocycles. The number of nitrogens with one attached hydrogen (secondary N) is 2. The topological polar surface area (TPSA) is 118 Å². The van der Waals surface area contributed by atoms with Crippen LogP contribution in [0.1, 0.15) is 57.6 Å². The van der Waals surface area contributed by atoms with Crippen LogP contribution in [0.15, 0.2) is 12.5 Å². The van der Waals surface area contributed by atoms with Crippen LogP contribution in [0, 0.1) is 0 Å². The Morgan fingerprint density at radius 3 is 2.62 bits per heavy atom. The smallest absolute Gasteiger partial charge is 0.234 e. The Morgan fingerprint density at radius 1 is 1.21 bits per heavy atom. The van der Waals surface area contributed by atoms with Crippen LogP contribution in [0.3, 0.4) is 0 Å². The Bertz CT molecular complexity index is 514. The molecule has 24 heavy (non-hydrogen) atoms. The van der Waals surface area contributed by atoms with Crippen molar-refractivity contribution >= 4 is 17.5 Å². The van der Waals surface area contributed by atoms with Gasteiger partial charge in [-0.3, -0.25) is 19.7 Å². The van der Waals surface area contributed by atoms with Gasteiger partial charge in [-0.05, 0) is 19.3 Å². The van der Waals surface area contributed by atoms with E-state index in [0.29, 0.717) is 32.1 Å². The highest BCUT2D eigenvalue weighted by Crippen LogP contribution is 2.07. The van der Waals surface area contributed by atoms with Gasteiger partial charge in [-0.2, -0.15) is 0 Å². The largest absolute Gasteiger partial charge is 0.368 e. The van der Waals surface area contributed by atoms with E-state index in [2.05, 4.69) is 15.3 Å². The third kappa shape index (κ3) is 8.57. The summed E-state index contributed by atoms with van der Waals surface area (Å²) in [5.74, 6) is -0.146. The van der Waals surface area contributed by atoms with Crippen molar-refractivity contribution in [2.45, 2.75) is 64.3 Å². The normalized spacial score (nSPS) is 12.0. The van der Waals surface area contributed by atoms with Crippen molar-refractivity contribution in [3.05, 3.63) is 18.2 Å². The number of H-pyrrole nitrogens is 1. The predicted octanol–water partition coefficient (Wildman–Crippen LogP) is 1.28. The molecular weight excluding hydrogens is 308 g/mol. The van der Waals surface area contributed by atoms with Crippen molar-refractivity contribution in [2.24, 2.45) is 5.73 Å². The fourth-order valence-corrected chi connectivity index (χ4v) is 2.39. The summed E-state index contributed by atoms with van der Waals surface area (Å²) >= 11 is 0. The van der Waals surface area contributed by atoms with E-state index in [9.17, 15) is 14.4 Å². The van der Waals surface area contributed by atoms with Crippen LogP contribution in [0.2, 0.25) is 0 Å². The van der Waals surface area contributed by atoms with Gasteiger partial charge in [0.1, 0.15) is 11.6 Å². The van der Waals surface area contributed by atoms with E-state index in [4.69, 9.17) is 5.73 Å². The number of ketones is 2. The lowest BCUT2D eigenvalue weighted by molar-refractivity contribution is -0.121. The average Bonchev–Trinajstić information content (AvgIpc) is 3.08. The van der Waals surface area contributed by atoms with Crippen LogP contribution in [-0.2, 0) is 20.8 Å². The number of nitrogens with zero attached hydrogens (tertiary/aromatic N) is 1. The minimum absolute atomic E-state index is 0.0318. The van der Waals surface area contributed by atoms with Gasteiger partial charge >= 0.3 is 0 Å². The molecule has 1 heterocycles. The Labute approximate surface area is 142 Å². The molecule has 0 spiro atoms. The van der Waals surface area contributed by atoms with Gasteiger partial charge in [0.05, 0.1) is 18.9 Å². The first-order chi connectivity index (χ1) is 11.5. The molecule has 0 unspecified atom stereocenters. The van der Waals surface area contributed by atoms with E-state index < -0.39 is 11.9 Å². The summed E-state index contributed by atoms with van der Waals surface area (Å²) in [7, 11) is 0. The number of hydrogen-bond donors (Lipinski definition) is 3. The van der Waals surface area contributed by atoms with E-state index in [0.717, 1.165) is 25.0 Å². The van der Waals surface area contributed by atoms with Gasteiger partial charge in [0.25, 0.3) is 0 Å². The molecule has 0 aliphatic rings. The molecule has 134 valence electrons. The van der Waals surface area contributed by atoms with Gasteiger partial charge in [0, 0.05) is 31.2 Å². The number of aromatic nitrogens is 2. The van der Waals surface area contributed by atoms with E-state index in [-0.39, 0.29) is 18.1 Å². The maximum atomic E-state index is 11.9. The molecule has 1 aromatic rings. The Kier molecular flexibility index (Phi) is 9.60. The average molecular weight is 336 g/mol. The molecule has 0 aromatic carbocycles. The molecule has 1 atom stereocenters. The van der Waals surface area contributed by atoms with Crippen molar-refractivity contribution in [2.75, 3.05) is 6.54 Å². The molecule has 0 radical (unpaired) electrons. The number of nitrogens with two attached hydrogens (primary N) is 1. The third-order valence-corrected chi connectivity index (χ3v) is 3.96.